The highest BCUT2D eigenvalue weighted by atomic mass is 16.5. The highest BCUT2D eigenvalue weighted by Crippen LogP contribution is 2.24. The zero-order chi connectivity index (χ0) is 19.7. The summed E-state index contributed by atoms with van der Waals surface area (Å²) in [4.78, 5) is 23.3. The summed E-state index contributed by atoms with van der Waals surface area (Å²) in [6, 6.07) is 7.56. The van der Waals surface area contributed by atoms with Gasteiger partial charge < -0.3 is 9.64 Å². The van der Waals surface area contributed by atoms with Crippen LogP contribution >= 0.6 is 0 Å². The van der Waals surface area contributed by atoms with Crippen LogP contribution in [0.2, 0.25) is 0 Å². The Morgan fingerprint density at radius 2 is 2.11 bits per heavy atom. The van der Waals surface area contributed by atoms with Gasteiger partial charge in [-0.15, -0.1) is 0 Å². The second-order valence-corrected chi connectivity index (χ2v) is 7.13. The first kappa shape index (κ1) is 18.2. The number of fused-ring (bicyclic) bond motifs is 1. The molecule has 3 aromatic heterocycles. The fourth-order valence-corrected chi connectivity index (χ4v) is 3.55. The van der Waals surface area contributed by atoms with Crippen LogP contribution in [0.25, 0.3) is 0 Å². The highest BCUT2D eigenvalue weighted by molar-refractivity contribution is 5.94. The van der Waals surface area contributed by atoms with Crippen LogP contribution in [0.15, 0.2) is 36.7 Å². The Morgan fingerprint density at radius 3 is 2.89 bits per heavy atom. The van der Waals surface area contributed by atoms with Gasteiger partial charge in [-0.05, 0) is 31.5 Å². The molecule has 4 heterocycles. The molecule has 0 spiro atoms. The topological polar surface area (TPSA) is 73.1 Å². The van der Waals surface area contributed by atoms with E-state index in [4.69, 9.17) is 4.74 Å². The van der Waals surface area contributed by atoms with Crippen molar-refractivity contribution in [3.63, 3.8) is 0 Å². The van der Waals surface area contributed by atoms with Gasteiger partial charge in [-0.2, -0.15) is 5.10 Å². The number of rotatable bonds is 4. The molecule has 0 aliphatic carbocycles. The maximum atomic E-state index is 12.9. The van der Waals surface area contributed by atoms with E-state index in [0.717, 1.165) is 34.6 Å². The molecule has 0 bridgehead atoms. The van der Waals surface area contributed by atoms with Gasteiger partial charge in [0.25, 0.3) is 5.91 Å². The number of aromatic nitrogens is 4. The number of nitrogens with zero attached hydrogens (tertiary/aromatic N) is 5. The molecule has 0 saturated carbocycles. The fourth-order valence-electron chi connectivity index (χ4n) is 3.55. The molecular weight excluding hydrogens is 354 g/mol. The Bertz CT molecular complexity index is 1030. The summed E-state index contributed by atoms with van der Waals surface area (Å²) in [6.45, 7) is 5.38. The Kier molecular flexibility index (Phi) is 4.81. The summed E-state index contributed by atoms with van der Waals surface area (Å²) >= 11 is 0. The zero-order valence-corrected chi connectivity index (χ0v) is 16.3. The molecule has 0 N–H and O–H groups in total. The molecule has 0 fully saturated rings. The third-order valence-corrected chi connectivity index (χ3v) is 4.95. The van der Waals surface area contributed by atoms with Crippen molar-refractivity contribution in [1.82, 2.24) is 24.6 Å². The number of hydrogen-bond acceptors (Lipinski definition) is 5. The number of carbonyl (C=O) groups is 1. The quantitative estimate of drug-likeness (QED) is 0.699. The molecule has 1 aliphatic rings. The van der Waals surface area contributed by atoms with Crippen LogP contribution in [0, 0.1) is 13.8 Å². The van der Waals surface area contributed by atoms with Crippen molar-refractivity contribution in [3.05, 3.63) is 70.4 Å². The molecule has 144 valence electrons. The van der Waals surface area contributed by atoms with Crippen LogP contribution in [-0.4, -0.2) is 37.1 Å². The molecule has 0 unspecified atom stereocenters. The maximum Gasteiger partial charge on any atom is 0.255 e. The molecule has 7 nitrogen and oxygen atoms in total. The van der Waals surface area contributed by atoms with Crippen molar-refractivity contribution in [2.75, 3.05) is 6.54 Å². The van der Waals surface area contributed by atoms with Gasteiger partial charge in [0.15, 0.2) is 0 Å². The standard InChI is InChI=1S/C21H23N5O2/c1-14-9-16(11-22-10-14)21(27)26-8-7-19-17(12-26)18(24-25(19)3)13-28-20-6-4-5-15(2)23-20/h4-6,9-11H,7-8,12-13H2,1-3H3. The zero-order valence-electron chi connectivity index (χ0n) is 16.3. The number of hydrogen-bond donors (Lipinski definition) is 0. The highest BCUT2D eigenvalue weighted by Gasteiger charge is 2.27. The molecule has 28 heavy (non-hydrogen) atoms. The third kappa shape index (κ3) is 3.60. The van der Waals surface area contributed by atoms with Gasteiger partial charge in [-0.25, -0.2) is 4.98 Å². The SMILES string of the molecule is Cc1cncc(C(=O)N2CCc3c(c(COc4cccc(C)n4)nn3C)C2)c1. The lowest BCUT2D eigenvalue weighted by Gasteiger charge is -2.27. The van der Waals surface area contributed by atoms with E-state index in [1.54, 1.807) is 12.4 Å². The largest absolute Gasteiger partial charge is 0.471 e. The van der Waals surface area contributed by atoms with E-state index in [2.05, 4.69) is 15.1 Å². The van der Waals surface area contributed by atoms with Gasteiger partial charge in [0, 0.05) is 62.0 Å². The first-order valence-corrected chi connectivity index (χ1v) is 9.32. The van der Waals surface area contributed by atoms with Gasteiger partial charge in [0.05, 0.1) is 5.56 Å². The normalized spacial score (nSPS) is 13.3. The van der Waals surface area contributed by atoms with Crippen molar-refractivity contribution in [2.24, 2.45) is 7.05 Å². The van der Waals surface area contributed by atoms with E-state index in [-0.39, 0.29) is 5.91 Å². The first-order valence-electron chi connectivity index (χ1n) is 9.32. The van der Waals surface area contributed by atoms with Gasteiger partial charge in [-0.3, -0.25) is 14.5 Å². The van der Waals surface area contributed by atoms with E-state index >= 15 is 0 Å². The van der Waals surface area contributed by atoms with E-state index < -0.39 is 0 Å². The van der Waals surface area contributed by atoms with E-state index in [1.165, 1.54) is 0 Å². The van der Waals surface area contributed by atoms with E-state index in [1.807, 2.05) is 54.7 Å². The summed E-state index contributed by atoms with van der Waals surface area (Å²) in [7, 11) is 1.94. The molecule has 4 rings (SSSR count). The lowest BCUT2D eigenvalue weighted by molar-refractivity contribution is 0.0732. The number of pyridine rings is 2. The van der Waals surface area contributed by atoms with Gasteiger partial charge >= 0.3 is 0 Å². The molecule has 1 aliphatic heterocycles. The van der Waals surface area contributed by atoms with Crippen molar-refractivity contribution in [3.8, 4) is 5.88 Å². The van der Waals surface area contributed by atoms with E-state index in [0.29, 0.717) is 31.1 Å². The second kappa shape index (κ2) is 7.42. The Balaban J connectivity index is 1.53. The van der Waals surface area contributed by atoms with Gasteiger partial charge in [0.2, 0.25) is 5.88 Å². The van der Waals surface area contributed by atoms with Crippen LogP contribution in [0.5, 0.6) is 5.88 Å². The minimum atomic E-state index is -0.00192. The molecule has 3 aromatic rings. The van der Waals surface area contributed by atoms with Crippen LogP contribution in [0.3, 0.4) is 0 Å². The van der Waals surface area contributed by atoms with E-state index in [9.17, 15) is 4.79 Å². The number of amides is 1. The predicted octanol–water partition coefficient (Wildman–Crippen LogP) is 2.60. The average molecular weight is 377 g/mol. The van der Waals surface area contributed by atoms with Crippen LogP contribution in [0.4, 0.5) is 0 Å². The average Bonchev–Trinajstić information content (AvgIpc) is 3.01. The summed E-state index contributed by atoms with van der Waals surface area (Å²) in [5.41, 5.74) is 5.57. The summed E-state index contributed by atoms with van der Waals surface area (Å²) in [6.07, 6.45) is 4.15. The predicted molar refractivity (Wildman–Crippen MR) is 104 cm³/mol. The first-order chi connectivity index (χ1) is 13.5. The molecule has 0 radical (unpaired) electrons. The lowest BCUT2D eigenvalue weighted by Crippen LogP contribution is -2.36. The minimum absolute atomic E-state index is 0.00192. The summed E-state index contributed by atoms with van der Waals surface area (Å²) in [5, 5.41) is 4.62. The monoisotopic (exact) mass is 377 g/mol. The van der Waals surface area contributed by atoms with Gasteiger partial charge in [0.1, 0.15) is 12.3 Å². The van der Waals surface area contributed by atoms with Crippen LogP contribution < -0.4 is 4.74 Å². The molecule has 1 amide bonds. The smallest absolute Gasteiger partial charge is 0.255 e. The summed E-state index contributed by atoms with van der Waals surface area (Å²) in [5.74, 6) is 0.576. The number of aryl methyl sites for hydroxylation is 3. The third-order valence-electron chi connectivity index (χ3n) is 4.95. The Labute approximate surface area is 164 Å². The lowest BCUT2D eigenvalue weighted by atomic mass is 10.0. The van der Waals surface area contributed by atoms with Crippen molar-refractivity contribution < 1.29 is 9.53 Å². The fraction of sp³-hybridized carbons (Fsp3) is 0.333. The molecular formula is C21H23N5O2. The molecule has 0 atom stereocenters. The molecule has 0 aromatic carbocycles. The van der Waals surface area contributed by atoms with Crippen LogP contribution in [-0.2, 0) is 26.6 Å². The summed E-state index contributed by atoms with van der Waals surface area (Å²) < 4.78 is 7.74. The Hall–Kier alpha value is -3.22. The van der Waals surface area contributed by atoms with Crippen LogP contribution in [0.1, 0.15) is 38.6 Å². The Morgan fingerprint density at radius 1 is 1.25 bits per heavy atom. The number of carbonyl (C=O) groups excluding carboxylic acids is 1. The van der Waals surface area contributed by atoms with Crippen molar-refractivity contribution in [2.45, 2.75) is 33.4 Å². The molecule has 7 heteroatoms. The number of ether oxygens (including phenoxy) is 1. The maximum absolute atomic E-state index is 12.9. The minimum Gasteiger partial charge on any atom is -0.471 e. The van der Waals surface area contributed by atoms with Crippen molar-refractivity contribution >= 4 is 5.91 Å². The van der Waals surface area contributed by atoms with Crippen molar-refractivity contribution in [1.29, 1.82) is 0 Å². The molecule has 0 saturated heterocycles. The van der Waals surface area contributed by atoms with Gasteiger partial charge in [-0.1, -0.05) is 6.07 Å². The second-order valence-electron chi connectivity index (χ2n) is 7.13.